The van der Waals surface area contributed by atoms with Crippen LogP contribution in [0.2, 0.25) is 0 Å². The van der Waals surface area contributed by atoms with Crippen molar-refractivity contribution >= 4 is 17.4 Å². The molecule has 3 rings (SSSR count). The highest BCUT2D eigenvalue weighted by Crippen LogP contribution is 2.45. The Balaban J connectivity index is 2.19. The molecule has 1 unspecified atom stereocenters. The molecule has 2 aromatic rings. The van der Waals surface area contributed by atoms with Crippen molar-refractivity contribution in [3.05, 3.63) is 65.0 Å². The summed E-state index contributed by atoms with van der Waals surface area (Å²) in [7, 11) is 6.81. The molecule has 0 aliphatic carbocycles. The van der Waals surface area contributed by atoms with Crippen LogP contribution in [0.1, 0.15) is 23.6 Å². The van der Waals surface area contributed by atoms with Gasteiger partial charge >= 0.3 is 0 Å². The first kappa shape index (κ1) is 23.3. The van der Waals surface area contributed by atoms with E-state index in [0.29, 0.717) is 36.6 Å². The van der Waals surface area contributed by atoms with Gasteiger partial charge in [0.1, 0.15) is 11.6 Å². The fourth-order valence-electron chi connectivity index (χ4n) is 3.88. The van der Waals surface area contributed by atoms with E-state index in [1.54, 1.807) is 18.2 Å². The number of halogens is 1. The van der Waals surface area contributed by atoms with Gasteiger partial charge in [-0.1, -0.05) is 12.1 Å². The number of ether oxygens (including phenoxy) is 2. The molecule has 1 saturated heterocycles. The van der Waals surface area contributed by atoms with Crippen LogP contribution in [0.5, 0.6) is 11.5 Å². The molecule has 1 N–H and O–H groups in total. The summed E-state index contributed by atoms with van der Waals surface area (Å²) in [5.74, 6) is -1.55. The zero-order valence-corrected chi connectivity index (χ0v) is 18.6. The van der Waals surface area contributed by atoms with Gasteiger partial charge in [0.25, 0.3) is 11.7 Å². The number of hydrogen-bond donors (Lipinski definition) is 1. The number of aliphatic hydroxyl groups excluding tert-OH is 1. The molecule has 7 nitrogen and oxygen atoms in total. The van der Waals surface area contributed by atoms with E-state index < -0.39 is 23.5 Å². The maximum absolute atomic E-state index is 13.4. The maximum atomic E-state index is 13.4. The molecule has 0 radical (unpaired) electrons. The van der Waals surface area contributed by atoms with Crippen molar-refractivity contribution in [2.45, 2.75) is 12.5 Å². The van der Waals surface area contributed by atoms with Gasteiger partial charge in [0, 0.05) is 17.7 Å². The zero-order chi connectivity index (χ0) is 23.4. The van der Waals surface area contributed by atoms with E-state index in [1.807, 2.05) is 19.0 Å². The number of aliphatic hydroxyl groups is 1. The number of Topliss-reactive ketones (excluding diaryl/α,β-unsaturated/α-hetero) is 1. The lowest BCUT2D eigenvalue weighted by Crippen LogP contribution is -2.32. The predicted octanol–water partition coefficient (Wildman–Crippen LogP) is 3.22. The van der Waals surface area contributed by atoms with Gasteiger partial charge in [0.2, 0.25) is 0 Å². The Labute approximate surface area is 186 Å². The van der Waals surface area contributed by atoms with E-state index in [0.717, 1.165) is 0 Å². The molecule has 1 heterocycles. The molecule has 0 saturated carbocycles. The Morgan fingerprint density at radius 1 is 1.09 bits per heavy atom. The van der Waals surface area contributed by atoms with Crippen molar-refractivity contribution in [3.63, 3.8) is 0 Å². The van der Waals surface area contributed by atoms with Crippen LogP contribution < -0.4 is 9.47 Å². The summed E-state index contributed by atoms with van der Waals surface area (Å²) < 4.78 is 24.3. The molecule has 32 heavy (non-hydrogen) atoms. The molecule has 0 spiro atoms. The summed E-state index contributed by atoms with van der Waals surface area (Å²) in [5.41, 5.74) is 0.683. The molecule has 2 aromatic carbocycles. The topological polar surface area (TPSA) is 79.3 Å². The van der Waals surface area contributed by atoms with Crippen LogP contribution in [0.3, 0.4) is 0 Å². The van der Waals surface area contributed by atoms with Gasteiger partial charge in [-0.2, -0.15) is 0 Å². The number of carbonyl (C=O) groups is 2. The van der Waals surface area contributed by atoms with Gasteiger partial charge < -0.3 is 24.4 Å². The van der Waals surface area contributed by atoms with Crippen molar-refractivity contribution in [1.82, 2.24) is 9.80 Å². The van der Waals surface area contributed by atoms with Gasteiger partial charge in [-0.25, -0.2) is 4.39 Å². The fourth-order valence-corrected chi connectivity index (χ4v) is 3.88. The summed E-state index contributed by atoms with van der Waals surface area (Å²) in [6.45, 7) is 1.01. The van der Waals surface area contributed by atoms with Crippen LogP contribution in [0, 0.1) is 5.82 Å². The summed E-state index contributed by atoms with van der Waals surface area (Å²) in [6.07, 6.45) is 0.624. The van der Waals surface area contributed by atoms with Crippen LogP contribution in [-0.4, -0.2) is 68.0 Å². The van der Waals surface area contributed by atoms with E-state index in [-0.39, 0.29) is 16.9 Å². The van der Waals surface area contributed by atoms with Crippen LogP contribution >= 0.6 is 0 Å². The zero-order valence-electron chi connectivity index (χ0n) is 18.6. The van der Waals surface area contributed by atoms with Crippen LogP contribution in [-0.2, 0) is 9.59 Å². The Bertz CT molecular complexity index is 1030. The fraction of sp³-hybridized carbons (Fsp3) is 0.333. The first-order valence-electron chi connectivity index (χ1n) is 10.2. The SMILES string of the molecule is COc1cccc(C2C(=C(O)c3ccc(F)cc3)C(=O)C(=O)N2CCCN(C)C)c1OC. The molecule has 1 fully saturated rings. The summed E-state index contributed by atoms with van der Waals surface area (Å²) in [5, 5.41) is 11.0. The number of benzene rings is 2. The number of para-hydroxylation sites is 1. The monoisotopic (exact) mass is 442 g/mol. The van der Waals surface area contributed by atoms with E-state index in [9.17, 15) is 19.1 Å². The average molecular weight is 442 g/mol. The molecule has 1 aliphatic heterocycles. The van der Waals surface area contributed by atoms with E-state index in [2.05, 4.69) is 0 Å². The predicted molar refractivity (Wildman–Crippen MR) is 118 cm³/mol. The largest absolute Gasteiger partial charge is 0.507 e. The molecule has 1 amide bonds. The molecular formula is C24H27FN2O5. The lowest BCUT2D eigenvalue weighted by atomic mass is 9.94. The second kappa shape index (κ2) is 9.82. The third-order valence-corrected chi connectivity index (χ3v) is 5.39. The molecule has 170 valence electrons. The van der Waals surface area contributed by atoms with Crippen molar-refractivity contribution in [3.8, 4) is 11.5 Å². The van der Waals surface area contributed by atoms with Crippen molar-refractivity contribution in [2.24, 2.45) is 0 Å². The Hall–Kier alpha value is -3.39. The molecule has 1 aliphatic rings. The highest BCUT2D eigenvalue weighted by molar-refractivity contribution is 6.46. The minimum Gasteiger partial charge on any atom is -0.507 e. The number of rotatable bonds is 8. The summed E-state index contributed by atoms with van der Waals surface area (Å²) >= 11 is 0. The average Bonchev–Trinajstić information content (AvgIpc) is 3.03. The quantitative estimate of drug-likeness (QED) is 0.384. The van der Waals surface area contributed by atoms with E-state index >= 15 is 0 Å². The van der Waals surface area contributed by atoms with Gasteiger partial charge in [-0.15, -0.1) is 0 Å². The summed E-state index contributed by atoms with van der Waals surface area (Å²) in [6, 6.07) is 9.39. The number of likely N-dealkylation sites (tertiary alicyclic amines) is 1. The highest BCUT2D eigenvalue weighted by atomic mass is 19.1. The Morgan fingerprint density at radius 3 is 2.38 bits per heavy atom. The standard InChI is InChI=1S/C24H27FN2O5/c1-26(2)13-6-14-27-20(17-7-5-8-18(31-3)23(17)32-4)19(22(29)24(27)30)21(28)15-9-11-16(25)12-10-15/h5,7-12,20,28H,6,13-14H2,1-4H3. The number of ketones is 1. The first-order valence-corrected chi connectivity index (χ1v) is 10.2. The molecule has 0 aromatic heterocycles. The Kier molecular flexibility index (Phi) is 7.15. The lowest BCUT2D eigenvalue weighted by Gasteiger charge is -2.27. The molecule has 1 atom stereocenters. The lowest BCUT2D eigenvalue weighted by molar-refractivity contribution is -0.140. The van der Waals surface area contributed by atoms with Gasteiger partial charge in [0.05, 0.1) is 25.8 Å². The normalized spacial score (nSPS) is 17.8. The number of hydrogen-bond acceptors (Lipinski definition) is 6. The van der Waals surface area contributed by atoms with Crippen molar-refractivity contribution in [1.29, 1.82) is 0 Å². The smallest absolute Gasteiger partial charge is 0.295 e. The third kappa shape index (κ3) is 4.45. The minimum absolute atomic E-state index is 0.0713. The molecular weight excluding hydrogens is 415 g/mol. The van der Waals surface area contributed by atoms with Crippen LogP contribution in [0.4, 0.5) is 4.39 Å². The first-order chi connectivity index (χ1) is 15.3. The van der Waals surface area contributed by atoms with Crippen LogP contribution in [0.15, 0.2) is 48.0 Å². The van der Waals surface area contributed by atoms with Gasteiger partial charge in [0.15, 0.2) is 11.5 Å². The molecule has 0 bridgehead atoms. The third-order valence-electron chi connectivity index (χ3n) is 5.39. The van der Waals surface area contributed by atoms with Crippen LogP contribution in [0.25, 0.3) is 5.76 Å². The van der Waals surface area contributed by atoms with E-state index in [1.165, 1.54) is 43.4 Å². The maximum Gasteiger partial charge on any atom is 0.295 e. The minimum atomic E-state index is -0.882. The number of amides is 1. The number of methoxy groups -OCH3 is 2. The summed E-state index contributed by atoms with van der Waals surface area (Å²) in [4.78, 5) is 29.5. The van der Waals surface area contributed by atoms with E-state index in [4.69, 9.17) is 9.47 Å². The second-order valence-electron chi connectivity index (χ2n) is 7.74. The van der Waals surface area contributed by atoms with Crippen molar-refractivity contribution in [2.75, 3.05) is 41.4 Å². The van der Waals surface area contributed by atoms with Gasteiger partial charge in [-0.05, 0) is 57.4 Å². The Morgan fingerprint density at radius 2 is 1.78 bits per heavy atom. The van der Waals surface area contributed by atoms with Crippen molar-refractivity contribution < 1.29 is 28.6 Å². The number of carbonyl (C=O) groups excluding carboxylic acids is 2. The highest BCUT2D eigenvalue weighted by Gasteiger charge is 2.47. The molecule has 8 heteroatoms. The number of nitrogens with zero attached hydrogens (tertiary/aromatic N) is 2. The van der Waals surface area contributed by atoms with Gasteiger partial charge in [-0.3, -0.25) is 9.59 Å². The second-order valence-corrected chi connectivity index (χ2v) is 7.74.